The van der Waals surface area contributed by atoms with Crippen molar-refractivity contribution in [2.45, 2.75) is 47.6 Å². The van der Waals surface area contributed by atoms with E-state index in [2.05, 4.69) is 24.5 Å². The average molecular weight is 258 g/mol. The highest BCUT2D eigenvalue weighted by atomic mass is 16.4. The first-order valence-corrected chi connectivity index (χ1v) is 6.33. The van der Waals surface area contributed by atoms with Crippen molar-refractivity contribution in [3.8, 4) is 0 Å². The fraction of sp³-hybridized carbons (Fsp3) is 0.846. The second kappa shape index (κ2) is 6.61. The number of carboxylic acid groups (broad SMARTS) is 1. The molecule has 0 saturated heterocycles. The molecule has 0 aliphatic heterocycles. The number of carboxylic acids is 1. The van der Waals surface area contributed by atoms with Crippen molar-refractivity contribution in [2.24, 2.45) is 17.3 Å². The summed E-state index contributed by atoms with van der Waals surface area (Å²) in [7, 11) is 0. The molecule has 2 atom stereocenters. The number of carbonyl (C=O) groups is 2. The first-order chi connectivity index (χ1) is 8.05. The van der Waals surface area contributed by atoms with Crippen molar-refractivity contribution < 1.29 is 14.7 Å². The van der Waals surface area contributed by atoms with Gasteiger partial charge in [-0.2, -0.15) is 0 Å². The molecule has 0 bridgehead atoms. The normalized spacial score (nSPS) is 15.1. The van der Waals surface area contributed by atoms with Crippen LogP contribution in [0.2, 0.25) is 0 Å². The van der Waals surface area contributed by atoms with E-state index in [0.29, 0.717) is 18.4 Å². The monoisotopic (exact) mass is 258 g/mol. The zero-order chi connectivity index (χ0) is 14.5. The summed E-state index contributed by atoms with van der Waals surface area (Å²) in [4.78, 5) is 22.7. The minimum absolute atomic E-state index is 0.355. The van der Waals surface area contributed by atoms with Crippen molar-refractivity contribution in [3.05, 3.63) is 0 Å². The molecule has 0 aliphatic rings. The van der Waals surface area contributed by atoms with Crippen molar-refractivity contribution >= 4 is 12.0 Å². The molecule has 0 saturated carbocycles. The zero-order valence-electron chi connectivity index (χ0n) is 12.2. The van der Waals surface area contributed by atoms with Gasteiger partial charge in [0.05, 0.1) is 0 Å². The van der Waals surface area contributed by atoms with Gasteiger partial charge in [0, 0.05) is 6.54 Å². The Morgan fingerprint density at radius 1 is 1.17 bits per heavy atom. The van der Waals surface area contributed by atoms with Crippen molar-refractivity contribution in [1.82, 2.24) is 10.6 Å². The number of amides is 2. The Morgan fingerprint density at radius 2 is 1.67 bits per heavy atom. The van der Waals surface area contributed by atoms with Gasteiger partial charge < -0.3 is 15.7 Å². The summed E-state index contributed by atoms with van der Waals surface area (Å²) in [6, 6.07) is -1.32. The summed E-state index contributed by atoms with van der Waals surface area (Å²) in [5.74, 6) is -0.189. The SMILES string of the molecule is CC(C)C(C)CNC(=O)N[C@@H](C(=O)O)C(C)(C)C. The van der Waals surface area contributed by atoms with E-state index < -0.39 is 23.5 Å². The highest BCUT2D eigenvalue weighted by Crippen LogP contribution is 2.19. The van der Waals surface area contributed by atoms with Crippen LogP contribution in [0.25, 0.3) is 0 Å². The highest BCUT2D eigenvalue weighted by Gasteiger charge is 2.32. The maximum atomic E-state index is 11.6. The molecule has 18 heavy (non-hydrogen) atoms. The molecule has 2 amide bonds. The Bertz CT molecular complexity index is 295. The van der Waals surface area contributed by atoms with E-state index in [1.54, 1.807) is 20.8 Å². The molecule has 0 radical (unpaired) electrons. The minimum Gasteiger partial charge on any atom is -0.480 e. The topological polar surface area (TPSA) is 78.4 Å². The maximum absolute atomic E-state index is 11.6. The molecular weight excluding hydrogens is 232 g/mol. The van der Waals surface area contributed by atoms with Gasteiger partial charge in [0.1, 0.15) is 6.04 Å². The highest BCUT2D eigenvalue weighted by molar-refractivity contribution is 5.83. The summed E-state index contributed by atoms with van der Waals surface area (Å²) in [6.45, 7) is 12.1. The third kappa shape index (κ3) is 5.89. The van der Waals surface area contributed by atoms with Gasteiger partial charge in [-0.15, -0.1) is 0 Å². The summed E-state index contributed by atoms with van der Waals surface area (Å²) >= 11 is 0. The van der Waals surface area contributed by atoms with Gasteiger partial charge in [0.15, 0.2) is 0 Å². The lowest BCUT2D eigenvalue weighted by molar-refractivity contribution is -0.141. The fourth-order valence-corrected chi connectivity index (χ4v) is 1.32. The number of urea groups is 1. The van der Waals surface area contributed by atoms with Gasteiger partial charge in [0.2, 0.25) is 0 Å². The molecule has 0 aliphatic carbocycles. The van der Waals surface area contributed by atoms with E-state index in [9.17, 15) is 9.59 Å². The van der Waals surface area contributed by atoms with Crippen LogP contribution in [-0.2, 0) is 4.79 Å². The number of hydrogen-bond donors (Lipinski definition) is 3. The van der Waals surface area contributed by atoms with E-state index in [-0.39, 0.29) is 0 Å². The number of aliphatic carboxylic acids is 1. The Hall–Kier alpha value is -1.26. The van der Waals surface area contributed by atoms with Crippen molar-refractivity contribution in [3.63, 3.8) is 0 Å². The molecule has 5 nitrogen and oxygen atoms in total. The quantitative estimate of drug-likeness (QED) is 0.706. The average Bonchev–Trinajstić information content (AvgIpc) is 2.20. The van der Waals surface area contributed by atoms with Crippen LogP contribution in [0.1, 0.15) is 41.5 Å². The smallest absolute Gasteiger partial charge is 0.326 e. The van der Waals surface area contributed by atoms with Crippen LogP contribution < -0.4 is 10.6 Å². The van der Waals surface area contributed by atoms with E-state index in [1.807, 2.05) is 6.92 Å². The standard InChI is InChI=1S/C13H26N2O3/c1-8(2)9(3)7-14-12(18)15-10(11(16)17)13(4,5)6/h8-10H,7H2,1-6H3,(H,16,17)(H2,14,15,18)/t9?,10-/m0/s1. The van der Waals surface area contributed by atoms with Crippen LogP contribution in [0, 0.1) is 17.3 Å². The van der Waals surface area contributed by atoms with Gasteiger partial charge in [-0.25, -0.2) is 9.59 Å². The van der Waals surface area contributed by atoms with Crippen molar-refractivity contribution in [1.29, 1.82) is 0 Å². The largest absolute Gasteiger partial charge is 0.480 e. The van der Waals surface area contributed by atoms with Gasteiger partial charge >= 0.3 is 12.0 Å². The molecule has 1 unspecified atom stereocenters. The van der Waals surface area contributed by atoms with Crippen LogP contribution in [0.4, 0.5) is 4.79 Å². The lowest BCUT2D eigenvalue weighted by atomic mass is 9.87. The van der Waals surface area contributed by atoms with Gasteiger partial charge in [0.25, 0.3) is 0 Å². The van der Waals surface area contributed by atoms with E-state index in [0.717, 1.165) is 0 Å². The molecule has 106 valence electrons. The summed E-state index contributed by atoms with van der Waals surface area (Å²) in [5, 5.41) is 14.3. The third-order valence-corrected chi connectivity index (χ3v) is 3.11. The van der Waals surface area contributed by atoms with Crippen LogP contribution >= 0.6 is 0 Å². The fourth-order valence-electron chi connectivity index (χ4n) is 1.32. The number of nitrogens with one attached hydrogen (secondary N) is 2. The first-order valence-electron chi connectivity index (χ1n) is 6.33. The van der Waals surface area contributed by atoms with Gasteiger partial charge in [-0.3, -0.25) is 0 Å². The lowest BCUT2D eigenvalue weighted by Gasteiger charge is -2.28. The minimum atomic E-state index is -1.02. The number of rotatable bonds is 5. The summed E-state index contributed by atoms with van der Waals surface area (Å²) in [6.07, 6.45) is 0. The van der Waals surface area contributed by atoms with Crippen LogP contribution in [0.15, 0.2) is 0 Å². The summed E-state index contributed by atoms with van der Waals surface area (Å²) < 4.78 is 0. The van der Waals surface area contributed by atoms with Crippen LogP contribution in [0.3, 0.4) is 0 Å². The van der Waals surface area contributed by atoms with Crippen molar-refractivity contribution in [2.75, 3.05) is 6.54 Å². The lowest BCUT2D eigenvalue weighted by Crippen LogP contribution is -2.52. The summed E-state index contributed by atoms with van der Waals surface area (Å²) in [5.41, 5.74) is -0.521. The Balaban J connectivity index is 4.33. The molecule has 0 rings (SSSR count). The molecule has 3 N–H and O–H groups in total. The third-order valence-electron chi connectivity index (χ3n) is 3.11. The Labute approximate surface area is 109 Å². The van der Waals surface area contributed by atoms with Crippen LogP contribution in [0.5, 0.6) is 0 Å². The Kier molecular flexibility index (Phi) is 6.15. The second-order valence-electron chi connectivity index (χ2n) is 6.21. The second-order valence-corrected chi connectivity index (χ2v) is 6.21. The molecule has 0 aromatic rings. The molecule has 0 spiro atoms. The van der Waals surface area contributed by atoms with E-state index in [4.69, 9.17) is 5.11 Å². The molecular formula is C13H26N2O3. The molecule has 5 heteroatoms. The predicted octanol–water partition coefficient (Wildman–Crippen LogP) is 2.08. The number of hydrogen-bond acceptors (Lipinski definition) is 2. The van der Waals surface area contributed by atoms with Gasteiger partial charge in [-0.1, -0.05) is 41.5 Å². The maximum Gasteiger partial charge on any atom is 0.326 e. The number of carbonyl (C=O) groups excluding carboxylic acids is 1. The molecule has 0 fully saturated rings. The van der Waals surface area contributed by atoms with E-state index >= 15 is 0 Å². The molecule has 0 aromatic heterocycles. The first kappa shape index (κ1) is 16.7. The van der Waals surface area contributed by atoms with E-state index in [1.165, 1.54) is 0 Å². The predicted molar refractivity (Wildman–Crippen MR) is 71.4 cm³/mol. The molecule has 0 heterocycles. The Morgan fingerprint density at radius 3 is 2.00 bits per heavy atom. The van der Waals surface area contributed by atoms with Gasteiger partial charge in [-0.05, 0) is 17.3 Å². The molecule has 0 aromatic carbocycles. The van der Waals surface area contributed by atoms with Crippen LogP contribution in [-0.4, -0.2) is 29.7 Å². The zero-order valence-corrected chi connectivity index (χ0v) is 12.2.